The predicted octanol–water partition coefficient (Wildman–Crippen LogP) is 1.99. The van der Waals surface area contributed by atoms with Crippen LogP contribution in [0.5, 0.6) is 0 Å². The van der Waals surface area contributed by atoms with E-state index in [1.807, 2.05) is 0 Å². The van der Waals surface area contributed by atoms with E-state index in [0.717, 1.165) is 12.8 Å². The summed E-state index contributed by atoms with van der Waals surface area (Å²) in [4.78, 5) is 24.3. The number of likely N-dealkylation sites (tertiary alicyclic amines) is 1. The lowest BCUT2D eigenvalue weighted by Crippen LogP contribution is -2.43. The van der Waals surface area contributed by atoms with Crippen molar-refractivity contribution >= 4 is 5.91 Å². The van der Waals surface area contributed by atoms with Crippen molar-refractivity contribution in [3.8, 4) is 0 Å². The smallest absolute Gasteiger partial charge is 0.232 e. The van der Waals surface area contributed by atoms with Crippen LogP contribution in [0.1, 0.15) is 51.4 Å². The van der Waals surface area contributed by atoms with Crippen LogP contribution in [0.3, 0.4) is 0 Å². The van der Waals surface area contributed by atoms with Crippen LogP contribution in [0.25, 0.3) is 0 Å². The normalized spacial score (nSPS) is 31.1. The molecule has 3 rings (SSSR count). The Kier molecular flexibility index (Phi) is 4.42. The molecule has 2 atom stereocenters. The van der Waals surface area contributed by atoms with Crippen molar-refractivity contribution in [1.29, 1.82) is 0 Å². The Morgan fingerprint density at radius 1 is 1.05 bits per heavy atom. The molecule has 3 fully saturated rings. The Bertz CT molecular complexity index is 400. The van der Waals surface area contributed by atoms with Crippen molar-refractivity contribution in [3.63, 3.8) is 0 Å². The van der Waals surface area contributed by atoms with Gasteiger partial charge in [-0.3, -0.25) is 14.9 Å². The Morgan fingerprint density at radius 2 is 1.67 bits per heavy atom. The third-order valence-corrected chi connectivity index (χ3v) is 5.04. The van der Waals surface area contributed by atoms with E-state index < -0.39 is 6.04 Å². The Hall–Kier alpha value is -1.17. The molecule has 2 aliphatic carbocycles. The van der Waals surface area contributed by atoms with Gasteiger partial charge in [-0.25, -0.2) is 0 Å². The van der Waals surface area contributed by atoms with Gasteiger partial charge < -0.3 is 9.64 Å². The fourth-order valence-electron chi connectivity index (χ4n) is 3.60. The SMILES string of the molecule is O=C([C@@H]1C[C@H]1[N+](=O)[O-])N1CCC(OC2CCCCC2)CC1. The average molecular weight is 296 g/mol. The molecular weight excluding hydrogens is 272 g/mol. The highest BCUT2D eigenvalue weighted by molar-refractivity contribution is 5.82. The second-order valence-corrected chi connectivity index (χ2v) is 6.62. The number of amides is 1. The fraction of sp³-hybridized carbons (Fsp3) is 0.933. The molecule has 0 bridgehead atoms. The van der Waals surface area contributed by atoms with E-state index in [2.05, 4.69) is 0 Å². The summed E-state index contributed by atoms with van der Waals surface area (Å²) in [5, 5.41) is 10.6. The van der Waals surface area contributed by atoms with Gasteiger partial charge in [-0.05, 0) is 25.7 Å². The van der Waals surface area contributed by atoms with Crippen LogP contribution in [-0.4, -0.2) is 47.1 Å². The molecule has 3 aliphatic rings. The first kappa shape index (κ1) is 14.8. The van der Waals surface area contributed by atoms with Crippen LogP contribution in [0.15, 0.2) is 0 Å². The van der Waals surface area contributed by atoms with E-state index in [4.69, 9.17) is 4.74 Å². The molecule has 6 heteroatoms. The van der Waals surface area contributed by atoms with Gasteiger partial charge in [0.15, 0.2) is 0 Å². The largest absolute Gasteiger partial charge is 0.375 e. The zero-order valence-electron chi connectivity index (χ0n) is 12.4. The van der Waals surface area contributed by atoms with Gasteiger partial charge >= 0.3 is 0 Å². The van der Waals surface area contributed by atoms with Crippen LogP contribution in [0, 0.1) is 16.0 Å². The zero-order valence-corrected chi connectivity index (χ0v) is 12.4. The van der Waals surface area contributed by atoms with Crippen molar-refractivity contribution in [2.75, 3.05) is 13.1 Å². The molecule has 0 radical (unpaired) electrons. The number of ether oxygens (including phenoxy) is 1. The number of nitrogens with zero attached hydrogens (tertiary/aromatic N) is 2. The lowest BCUT2D eigenvalue weighted by molar-refractivity contribution is -0.497. The van der Waals surface area contributed by atoms with Gasteiger partial charge in [-0.1, -0.05) is 19.3 Å². The van der Waals surface area contributed by atoms with E-state index in [9.17, 15) is 14.9 Å². The maximum atomic E-state index is 12.2. The molecule has 2 saturated carbocycles. The first-order valence-corrected chi connectivity index (χ1v) is 8.23. The number of carbonyl (C=O) groups excluding carboxylic acids is 1. The summed E-state index contributed by atoms with van der Waals surface area (Å²) in [6.07, 6.45) is 9.05. The summed E-state index contributed by atoms with van der Waals surface area (Å²) in [5.74, 6) is -0.386. The third kappa shape index (κ3) is 3.54. The van der Waals surface area contributed by atoms with Crippen molar-refractivity contribution in [3.05, 3.63) is 10.1 Å². The summed E-state index contributed by atoms with van der Waals surface area (Å²) in [5.41, 5.74) is 0. The molecule has 0 aromatic heterocycles. The molecule has 0 aromatic carbocycles. The highest BCUT2D eigenvalue weighted by atomic mass is 16.6. The summed E-state index contributed by atoms with van der Waals surface area (Å²) in [6.45, 7) is 1.38. The Balaban J connectivity index is 1.40. The number of hydrogen-bond acceptors (Lipinski definition) is 4. The lowest BCUT2D eigenvalue weighted by Gasteiger charge is -2.35. The maximum absolute atomic E-state index is 12.2. The number of carbonyl (C=O) groups is 1. The minimum absolute atomic E-state index is 0.0205. The number of rotatable bonds is 4. The molecule has 21 heavy (non-hydrogen) atoms. The first-order chi connectivity index (χ1) is 10.1. The molecule has 0 unspecified atom stereocenters. The second kappa shape index (κ2) is 6.30. The monoisotopic (exact) mass is 296 g/mol. The van der Waals surface area contributed by atoms with Gasteiger partial charge in [0, 0.05) is 24.4 Å². The van der Waals surface area contributed by atoms with E-state index in [-0.39, 0.29) is 22.9 Å². The topological polar surface area (TPSA) is 72.7 Å². The van der Waals surface area contributed by atoms with Crippen molar-refractivity contribution in [2.24, 2.45) is 5.92 Å². The predicted molar refractivity (Wildman–Crippen MR) is 76.4 cm³/mol. The standard InChI is InChI=1S/C15H24N2O4/c18-15(13-10-14(13)17(19)20)16-8-6-12(7-9-16)21-11-4-2-1-3-5-11/h11-14H,1-10H2/t13-,14-/m1/s1. The number of hydrogen-bond donors (Lipinski definition) is 0. The Morgan fingerprint density at radius 3 is 2.24 bits per heavy atom. The van der Waals surface area contributed by atoms with Gasteiger partial charge in [0.25, 0.3) is 0 Å². The van der Waals surface area contributed by atoms with E-state index in [1.165, 1.54) is 32.1 Å². The third-order valence-electron chi connectivity index (χ3n) is 5.04. The van der Waals surface area contributed by atoms with Gasteiger partial charge in [0.2, 0.25) is 11.9 Å². The first-order valence-electron chi connectivity index (χ1n) is 8.23. The Labute approximate surface area is 125 Å². The van der Waals surface area contributed by atoms with Crippen molar-refractivity contribution in [2.45, 2.75) is 69.6 Å². The molecule has 1 amide bonds. The van der Waals surface area contributed by atoms with E-state index >= 15 is 0 Å². The number of nitro groups is 1. The number of piperidine rings is 1. The molecule has 0 spiro atoms. The molecule has 0 N–H and O–H groups in total. The van der Waals surface area contributed by atoms with Gasteiger partial charge in [0.05, 0.1) is 12.2 Å². The highest BCUT2D eigenvalue weighted by Crippen LogP contribution is 2.35. The quantitative estimate of drug-likeness (QED) is 0.587. The van der Waals surface area contributed by atoms with Crippen LogP contribution >= 0.6 is 0 Å². The molecule has 6 nitrogen and oxygen atoms in total. The molecule has 1 aliphatic heterocycles. The van der Waals surface area contributed by atoms with Gasteiger partial charge in [-0.15, -0.1) is 0 Å². The highest BCUT2D eigenvalue weighted by Gasteiger charge is 2.54. The minimum atomic E-state index is -0.631. The van der Waals surface area contributed by atoms with E-state index in [0.29, 0.717) is 25.6 Å². The zero-order chi connectivity index (χ0) is 14.8. The summed E-state index contributed by atoms with van der Waals surface area (Å²) >= 11 is 0. The second-order valence-electron chi connectivity index (χ2n) is 6.62. The van der Waals surface area contributed by atoms with Crippen LogP contribution in [0.2, 0.25) is 0 Å². The molecule has 1 saturated heterocycles. The fourth-order valence-corrected chi connectivity index (χ4v) is 3.60. The summed E-state index contributed by atoms with van der Waals surface area (Å²) in [7, 11) is 0. The van der Waals surface area contributed by atoms with Crippen molar-refractivity contribution in [1.82, 2.24) is 4.90 Å². The van der Waals surface area contributed by atoms with Crippen molar-refractivity contribution < 1.29 is 14.5 Å². The lowest BCUT2D eigenvalue weighted by atomic mass is 9.97. The maximum Gasteiger partial charge on any atom is 0.232 e. The summed E-state index contributed by atoms with van der Waals surface area (Å²) in [6, 6.07) is -0.631. The van der Waals surface area contributed by atoms with Crippen LogP contribution in [0.4, 0.5) is 0 Å². The van der Waals surface area contributed by atoms with Crippen LogP contribution in [-0.2, 0) is 9.53 Å². The minimum Gasteiger partial charge on any atom is -0.375 e. The molecule has 118 valence electrons. The molecule has 1 heterocycles. The van der Waals surface area contributed by atoms with E-state index in [1.54, 1.807) is 4.90 Å². The van der Waals surface area contributed by atoms with Gasteiger partial charge in [-0.2, -0.15) is 0 Å². The molecular formula is C15H24N2O4. The average Bonchev–Trinajstić information content (AvgIpc) is 3.29. The summed E-state index contributed by atoms with van der Waals surface area (Å²) < 4.78 is 6.15. The molecule has 0 aromatic rings. The van der Waals surface area contributed by atoms with Gasteiger partial charge in [0.1, 0.15) is 5.92 Å². The van der Waals surface area contributed by atoms with Crippen LogP contribution < -0.4 is 0 Å².